The van der Waals surface area contributed by atoms with E-state index in [1.165, 1.54) is 5.39 Å². The van der Waals surface area contributed by atoms with Gasteiger partial charge in [0.2, 0.25) is 0 Å². The van der Waals surface area contributed by atoms with E-state index in [0.717, 1.165) is 33.4 Å². The van der Waals surface area contributed by atoms with E-state index >= 15 is 0 Å². The van der Waals surface area contributed by atoms with Crippen LogP contribution in [-0.2, 0) is 6.42 Å². The van der Waals surface area contributed by atoms with Crippen molar-refractivity contribution in [1.29, 1.82) is 0 Å². The summed E-state index contributed by atoms with van der Waals surface area (Å²) in [4.78, 5) is 0. The fraction of sp³-hybridized carbons (Fsp3) is 0.176. The number of rotatable bonds is 3. The third-order valence-electron chi connectivity index (χ3n) is 3.58. The van der Waals surface area contributed by atoms with E-state index in [1.54, 1.807) is 0 Å². The zero-order chi connectivity index (χ0) is 14.1. The van der Waals surface area contributed by atoms with E-state index in [-0.39, 0.29) is 6.04 Å². The lowest BCUT2D eigenvalue weighted by Gasteiger charge is -2.13. The number of halogens is 1. The standard InChI is InChI=1S/C17H16BrNO/c1-2-11-7-10-16(20-11)17(19)14-8-9-15(18)13-6-4-3-5-12(13)14/h3-10,17H,2,19H2,1H3. The molecule has 3 aromatic rings. The average molecular weight is 330 g/mol. The van der Waals surface area contributed by atoms with Crippen molar-refractivity contribution in [3.63, 3.8) is 0 Å². The van der Waals surface area contributed by atoms with Crippen molar-refractivity contribution in [1.82, 2.24) is 0 Å². The molecule has 20 heavy (non-hydrogen) atoms. The smallest absolute Gasteiger partial charge is 0.125 e. The number of aryl methyl sites for hydroxylation is 1. The molecule has 1 unspecified atom stereocenters. The Labute approximate surface area is 126 Å². The van der Waals surface area contributed by atoms with Crippen LogP contribution >= 0.6 is 15.9 Å². The van der Waals surface area contributed by atoms with Crippen LogP contribution in [0.4, 0.5) is 0 Å². The largest absolute Gasteiger partial charge is 0.464 e. The predicted molar refractivity (Wildman–Crippen MR) is 85.8 cm³/mol. The third kappa shape index (κ3) is 2.28. The monoisotopic (exact) mass is 329 g/mol. The molecule has 2 N–H and O–H groups in total. The molecular formula is C17H16BrNO. The molecule has 2 nitrogen and oxygen atoms in total. The van der Waals surface area contributed by atoms with Crippen LogP contribution < -0.4 is 5.73 Å². The normalized spacial score (nSPS) is 12.8. The van der Waals surface area contributed by atoms with Gasteiger partial charge in [-0.05, 0) is 34.5 Å². The van der Waals surface area contributed by atoms with Crippen LogP contribution in [-0.4, -0.2) is 0 Å². The van der Waals surface area contributed by atoms with E-state index < -0.39 is 0 Å². The van der Waals surface area contributed by atoms with E-state index in [9.17, 15) is 0 Å². The second-order valence-electron chi connectivity index (χ2n) is 4.82. The van der Waals surface area contributed by atoms with Crippen molar-refractivity contribution < 1.29 is 4.42 Å². The molecule has 0 aliphatic heterocycles. The predicted octanol–water partition coefficient (Wildman–Crippen LogP) is 4.81. The molecule has 0 saturated heterocycles. The zero-order valence-corrected chi connectivity index (χ0v) is 12.9. The molecule has 0 fully saturated rings. The second-order valence-corrected chi connectivity index (χ2v) is 5.67. The molecule has 1 heterocycles. The molecule has 2 aromatic carbocycles. The highest BCUT2D eigenvalue weighted by atomic mass is 79.9. The number of hydrogen-bond donors (Lipinski definition) is 1. The Hall–Kier alpha value is -1.58. The number of nitrogens with two attached hydrogens (primary N) is 1. The highest BCUT2D eigenvalue weighted by molar-refractivity contribution is 9.10. The van der Waals surface area contributed by atoms with Crippen LogP contribution in [0.2, 0.25) is 0 Å². The van der Waals surface area contributed by atoms with Gasteiger partial charge in [0.25, 0.3) is 0 Å². The van der Waals surface area contributed by atoms with Gasteiger partial charge in [-0.15, -0.1) is 0 Å². The van der Waals surface area contributed by atoms with Crippen molar-refractivity contribution in [2.45, 2.75) is 19.4 Å². The first-order chi connectivity index (χ1) is 9.70. The minimum absolute atomic E-state index is 0.242. The summed E-state index contributed by atoms with van der Waals surface area (Å²) in [6.07, 6.45) is 0.883. The molecule has 0 saturated carbocycles. The maximum Gasteiger partial charge on any atom is 0.125 e. The van der Waals surface area contributed by atoms with Crippen molar-refractivity contribution in [3.05, 3.63) is 70.1 Å². The Kier molecular flexibility index (Phi) is 3.64. The fourth-order valence-electron chi connectivity index (χ4n) is 2.46. The Morgan fingerprint density at radius 3 is 2.50 bits per heavy atom. The molecule has 0 aliphatic carbocycles. The minimum atomic E-state index is -0.242. The summed E-state index contributed by atoms with van der Waals surface area (Å²) in [7, 11) is 0. The Bertz CT molecular complexity index is 748. The molecule has 0 radical (unpaired) electrons. The first-order valence-corrected chi connectivity index (χ1v) is 7.51. The summed E-state index contributed by atoms with van der Waals surface area (Å²) in [6.45, 7) is 2.07. The summed E-state index contributed by atoms with van der Waals surface area (Å²) in [5.41, 5.74) is 7.48. The molecular weight excluding hydrogens is 314 g/mol. The molecule has 3 heteroatoms. The van der Waals surface area contributed by atoms with Crippen LogP contribution in [0.3, 0.4) is 0 Å². The van der Waals surface area contributed by atoms with E-state index in [2.05, 4.69) is 41.1 Å². The van der Waals surface area contributed by atoms with Crippen molar-refractivity contribution in [2.75, 3.05) is 0 Å². The molecule has 0 bridgehead atoms. The summed E-state index contributed by atoms with van der Waals surface area (Å²) < 4.78 is 6.87. The Balaban J connectivity index is 2.12. The van der Waals surface area contributed by atoms with Crippen LogP contribution in [0.15, 0.2) is 57.4 Å². The first kappa shape index (κ1) is 13.4. The van der Waals surface area contributed by atoms with E-state index in [0.29, 0.717) is 0 Å². The number of benzene rings is 2. The van der Waals surface area contributed by atoms with Crippen LogP contribution in [0, 0.1) is 0 Å². The number of fused-ring (bicyclic) bond motifs is 1. The highest BCUT2D eigenvalue weighted by Crippen LogP contribution is 2.32. The van der Waals surface area contributed by atoms with Gasteiger partial charge in [0.05, 0.1) is 6.04 Å². The molecule has 3 rings (SSSR count). The average Bonchev–Trinajstić information content (AvgIpc) is 2.96. The minimum Gasteiger partial charge on any atom is -0.464 e. The van der Waals surface area contributed by atoms with Gasteiger partial charge in [-0.1, -0.05) is 53.2 Å². The molecule has 102 valence electrons. The maximum absolute atomic E-state index is 6.39. The summed E-state index contributed by atoms with van der Waals surface area (Å²) in [5, 5.41) is 2.33. The van der Waals surface area contributed by atoms with Crippen LogP contribution in [0.5, 0.6) is 0 Å². The van der Waals surface area contributed by atoms with Gasteiger partial charge in [-0.2, -0.15) is 0 Å². The Morgan fingerprint density at radius 2 is 1.80 bits per heavy atom. The second kappa shape index (κ2) is 5.43. The lowest BCUT2D eigenvalue weighted by molar-refractivity contribution is 0.454. The van der Waals surface area contributed by atoms with Crippen LogP contribution in [0.25, 0.3) is 10.8 Å². The first-order valence-electron chi connectivity index (χ1n) is 6.72. The maximum atomic E-state index is 6.39. The fourth-order valence-corrected chi connectivity index (χ4v) is 2.94. The van der Waals surface area contributed by atoms with Gasteiger partial charge >= 0.3 is 0 Å². The number of hydrogen-bond acceptors (Lipinski definition) is 2. The molecule has 1 atom stereocenters. The SMILES string of the molecule is CCc1ccc(C(N)c2ccc(Br)c3ccccc23)o1. The molecule has 0 spiro atoms. The lowest BCUT2D eigenvalue weighted by atomic mass is 9.98. The van der Waals surface area contributed by atoms with Gasteiger partial charge in [0.1, 0.15) is 11.5 Å². The van der Waals surface area contributed by atoms with Gasteiger partial charge in [-0.25, -0.2) is 0 Å². The van der Waals surface area contributed by atoms with Gasteiger partial charge in [0.15, 0.2) is 0 Å². The van der Waals surface area contributed by atoms with Crippen molar-refractivity contribution in [2.24, 2.45) is 5.73 Å². The van der Waals surface area contributed by atoms with Crippen molar-refractivity contribution in [3.8, 4) is 0 Å². The highest BCUT2D eigenvalue weighted by Gasteiger charge is 2.16. The third-order valence-corrected chi connectivity index (χ3v) is 4.27. The number of furan rings is 1. The summed E-state index contributed by atoms with van der Waals surface area (Å²) in [6, 6.07) is 16.1. The van der Waals surface area contributed by atoms with Crippen LogP contribution in [0.1, 0.15) is 30.0 Å². The lowest BCUT2D eigenvalue weighted by Crippen LogP contribution is -2.11. The van der Waals surface area contributed by atoms with Gasteiger partial charge < -0.3 is 10.2 Å². The molecule has 0 aliphatic rings. The van der Waals surface area contributed by atoms with E-state index in [4.69, 9.17) is 10.2 Å². The quantitative estimate of drug-likeness (QED) is 0.749. The topological polar surface area (TPSA) is 39.2 Å². The molecule has 1 aromatic heterocycles. The van der Waals surface area contributed by atoms with Gasteiger partial charge in [-0.3, -0.25) is 0 Å². The zero-order valence-electron chi connectivity index (χ0n) is 11.3. The van der Waals surface area contributed by atoms with Gasteiger partial charge in [0, 0.05) is 10.9 Å². The van der Waals surface area contributed by atoms with E-state index in [1.807, 2.05) is 30.3 Å². The summed E-state index contributed by atoms with van der Waals surface area (Å²) >= 11 is 3.59. The Morgan fingerprint density at radius 1 is 1.05 bits per heavy atom. The van der Waals surface area contributed by atoms with Crippen molar-refractivity contribution >= 4 is 26.7 Å². The molecule has 0 amide bonds. The summed E-state index contributed by atoms with van der Waals surface area (Å²) in [5.74, 6) is 1.78.